The molecule has 1 N–H and O–H groups in total. The van der Waals surface area contributed by atoms with Crippen LogP contribution in [0.1, 0.15) is 40.5 Å². The first-order chi connectivity index (χ1) is 12.1. The fraction of sp³-hybridized carbons (Fsp3) is 0.263. The molecule has 2 heterocycles. The molecule has 3 aromatic rings. The Kier molecular flexibility index (Phi) is 3.80. The van der Waals surface area contributed by atoms with Gasteiger partial charge in [0.25, 0.3) is 11.5 Å². The lowest BCUT2D eigenvalue weighted by Gasteiger charge is -2.09. The second-order valence-electron chi connectivity index (χ2n) is 6.38. The number of hydrogen-bond acceptors (Lipinski definition) is 4. The van der Waals surface area contributed by atoms with Crippen molar-refractivity contribution >= 4 is 16.8 Å². The summed E-state index contributed by atoms with van der Waals surface area (Å²) in [7, 11) is 1.74. The molecular formula is C19H18N4O2. The van der Waals surface area contributed by atoms with Gasteiger partial charge in [-0.25, -0.2) is 9.97 Å². The van der Waals surface area contributed by atoms with Gasteiger partial charge in [0.15, 0.2) is 0 Å². The molecule has 0 aliphatic heterocycles. The Morgan fingerprint density at radius 1 is 1.24 bits per heavy atom. The van der Waals surface area contributed by atoms with Crippen LogP contribution in [-0.4, -0.2) is 20.4 Å². The van der Waals surface area contributed by atoms with E-state index in [1.165, 1.54) is 0 Å². The van der Waals surface area contributed by atoms with Crippen LogP contribution in [0, 0.1) is 0 Å². The highest BCUT2D eigenvalue weighted by molar-refractivity contribution is 5.93. The fourth-order valence-corrected chi connectivity index (χ4v) is 2.90. The monoisotopic (exact) mass is 334 g/mol. The maximum Gasteiger partial charge on any atom is 0.255 e. The van der Waals surface area contributed by atoms with Crippen molar-refractivity contribution in [3.8, 4) is 0 Å². The number of carbonyl (C=O) groups excluding carboxylic acids is 1. The first-order valence-corrected chi connectivity index (χ1v) is 8.31. The van der Waals surface area contributed by atoms with E-state index in [0.29, 0.717) is 17.0 Å². The smallest absolute Gasteiger partial charge is 0.255 e. The first kappa shape index (κ1) is 15.5. The standard InChI is InChI=1S/C19H18N4O2/c1-23-16-5-3-2-4-13(16)8-14(19(23)25)9-22-18(24)15-10-20-17(21-11-15)12-6-7-12/h2-5,8,10-12H,6-7,9H2,1H3,(H,22,24). The van der Waals surface area contributed by atoms with Crippen LogP contribution in [0.3, 0.4) is 0 Å². The summed E-state index contributed by atoms with van der Waals surface area (Å²) in [5.74, 6) is 0.982. The summed E-state index contributed by atoms with van der Waals surface area (Å²) in [5.41, 5.74) is 1.71. The lowest BCUT2D eigenvalue weighted by Crippen LogP contribution is -2.29. The van der Waals surface area contributed by atoms with E-state index in [4.69, 9.17) is 0 Å². The van der Waals surface area contributed by atoms with Crippen LogP contribution in [0.2, 0.25) is 0 Å². The van der Waals surface area contributed by atoms with Crippen molar-refractivity contribution in [3.05, 3.63) is 70.0 Å². The lowest BCUT2D eigenvalue weighted by atomic mass is 10.1. The Bertz CT molecular complexity index is 1000. The van der Waals surface area contributed by atoms with Gasteiger partial charge in [0, 0.05) is 37.5 Å². The molecular weight excluding hydrogens is 316 g/mol. The predicted molar refractivity (Wildman–Crippen MR) is 94.4 cm³/mol. The number of hydrogen-bond donors (Lipinski definition) is 1. The van der Waals surface area contributed by atoms with Crippen molar-refractivity contribution in [3.63, 3.8) is 0 Å². The molecule has 1 aliphatic rings. The van der Waals surface area contributed by atoms with Crippen molar-refractivity contribution in [1.29, 1.82) is 0 Å². The highest BCUT2D eigenvalue weighted by Gasteiger charge is 2.26. The van der Waals surface area contributed by atoms with Crippen LogP contribution < -0.4 is 10.9 Å². The summed E-state index contributed by atoms with van der Waals surface area (Å²) in [4.78, 5) is 33.2. The van der Waals surface area contributed by atoms with Crippen molar-refractivity contribution in [1.82, 2.24) is 19.9 Å². The van der Waals surface area contributed by atoms with Crippen LogP contribution in [-0.2, 0) is 13.6 Å². The van der Waals surface area contributed by atoms with E-state index in [-0.39, 0.29) is 18.0 Å². The van der Waals surface area contributed by atoms with E-state index in [1.807, 2.05) is 30.3 Å². The van der Waals surface area contributed by atoms with Gasteiger partial charge in [-0.15, -0.1) is 0 Å². The van der Waals surface area contributed by atoms with Gasteiger partial charge in [-0.05, 0) is 30.4 Å². The van der Waals surface area contributed by atoms with Crippen molar-refractivity contribution in [2.45, 2.75) is 25.3 Å². The molecule has 25 heavy (non-hydrogen) atoms. The van der Waals surface area contributed by atoms with Gasteiger partial charge in [0.05, 0.1) is 11.1 Å². The predicted octanol–water partition coefficient (Wildman–Crippen LogP) is 2.14. The number of fused-ring (bicyclic) bond motifs is 1. The number of para-hydroxylation sites is 1. The van der Waals surface area contributed by atoms with E-state index in [2.05, 4.69) is 15.3 Å². The van der Waals surface area contributed by atoms with Gasteiger partial charge < -0.3 is 9.88 Å². The molecule has 4 rings (SSSR count). The molecule has 6 heteroatoms. The maximum atomic E-state index is 12.4. The zero-order valence-electron chi connectivity index (χ0n) is 13.9. The first-order valence-electron chi connectivity index (χ1n) is 8.31. The van der Waals surface area contributed by atoms with Crippen LogP contribution in [0.4, 0.5) is 0 Å². The van der Waals surface area contributed by atoms with E-state index in [1.54, 1.807) is 24.0 Å². The quantitative estimate of drug-likeness (QED) is 0.793. The zero-order valence-corrected chi connectivity index (χ0v) is 13.9. The Balaban J connectivity index is 1.52. The molecule has 0 bridgehead atoms. The Morgan fingerprint density at radius 2 is 1.96 bits per heavy atom. The summed E-state index contributed by atoms with van der Waals surface area (Å²) < 4.78 is 1.60. The number of pyridine rings is 1. The number of amides is 1. The van der Waals surface area contributed by atoms with Gasteiger partial charge >= 0.3 is 0 Å². The number of aryl methyl sites for hydroxylation is 1. The average Bonchev–Trinajstić information content (AvgIpc) is 3.49. The molecule has 6 nitrogen and oxygen atoms in total. The van der Waals surface area contributed by atoms with E-state index in [0.717, 1.165) is 29.6 Å². The van der Waals surface area contributed by atoms with E-state index in [9.17, 15) is 9.59 Å². The Labute approximate surface area is 144 Å². The van der Waals surface area contributed by atoms with E-state index >= 15 is 0 Å². The maximum absolute atomic E-state index is 12.4. The number of nitrogens with zero attached hydrogens (tertiary/aromatic N) is 3. The summed E-state index contributed by atoms with van der Waals surface area (Å²) in [6.45, 7) is 0.167. The number of aromatic nitrogens is 3. The summed E-state index contributed by atoms with van der Waals surface area (Å²) in [6, 6.07) is 9.50. The Hall–Kier alpha value is -3.02. The molecule has 126 valence electrons. The van der Waals surface area contributed by atoms with Crippen LogP contribution >= 0.6 is 0 Å². The Morgan fingerprint density at radius 3 is 2.68 bits per heavy atom. The molecule has 0 radical (unpaired) electrons. The largest absolute Gasteiger partial charge is 0.348 e. The van der Waals surface area contributed by atoms with Gasteiger partial charge in [-0.2, -0.15) is 0 Å². The van der Waals surface area contributed by atoms with Crippen molar-refractivity contribution in [2.24, 2.45) is 7.05 Å². The van der Waals surface area contributed by atoms with Crippen LogP contribution in [0.15, 0.2) is 47.5 Å². The van der Waals surface area contributed by atoms with Crippen LogP contribution in [0.5, 0.6) is 0 Å². The SMILES string of the molecule is Cn1c(=O)c(CNC(=O)c2cnc(C3CC3)nc2)cc2ccccc21. The molecule has 1 aromatic carbocycles. The highest BCUT2D eigenvalue weighted by atomic mass is 16.2. The van der Waals surface area contributed by atoms with Gasteiger partial charge in [0.2, 0.25) is 0 Å². The van der Waals surface area contributed by atoms with E-state index < -0.39 is 0 Å². The highest BCUT2D eigenvalue weighted by Crippen LogP contribution is 2.37. The number of carbonyl (C=O) groups is 1. The summed E-state index contributed by atoms with van der Waals surface area (Å²) in [6.07, 6.45) is 5.34. The lowest BCUT2D eigenvalue weighted by molar-refractivity contribution is 0.0950. The third kappa shape index (κ3) is 3.03. The van der Waals surface area contributed by atoms with Gasteiger partial charge in [-0.1, -0.05) is 18.2 Å². The normalized spacial score (nSPS) is 13.8. The fourth-order valence-electron chi connectivity index (χ4n) is 2.90. The second kappa shape index (κ2) is 6.12. The molecule has 1 saturated carbocycles. The third-order valence-electron chi connectivity index (χ3n) is 4.52. The topological polar surface area (TPSA) is 76.9 Å². The van der Waals surface area contributed by atoms with Crippen molar-refractivity contribution in [2.75, 3.05) is 0 Å². The number of rotatable bonds is 4. The minimum atomic E-state index is -0.280. The molecule has 2 aromatic heterocycles. The number of benzene rings is 1. The molecule has 0 atom stereocenters. The minimum Gasteiger partial charge on any atom is -0.348 e. The van der Waals surface area contributed by atoms with Gasteiger partial charge in [-0.3, -0.25) is 9.59 Å². The van der Waals surface area contributed by atoms with Crippen molar-refractivity contribution < 1.29 is 4.79 Å². The summed E-state index contributed by atoms with van der Waals surface area (Å²) in [5, 5.41) is 3.74. The molecule has 0 saturated heterocycles. The zero-order chi connectivity index (χ0) is 17.4. The number of nitrogens with one attached hydrogen (secondary N) is 1. The average molecular weight is 334 g/mol. The molecule has 1 aliphatic carbocycles. The minimum absolute atomic E-state index is 0.112. The third-order valence-corrected chi connectivity index (χ3v) is 4.52. The van der Waals surface area contributed by atoms with Gasteiger partial charge in [0.1, 0.15) is 5.82 Å². The molecule has 0 unspecified atom stereocenters. The molecule has 1 amide bonds. The summed E-state index contributed by atoms with van der Waals surface area (Å²) >= 11 is 0. The molecule has 0 spiro atoms. The second-order valence-corrected chi connectivity index (χ2v) is 6.38. The van der Waals surface area contributed by atoms with Crippen LogP contribution in [0.25, 0.3) is 10.9 Å². The molecule has 1 fully saturated rings.